The van der Waals surface area contributed by atoms with Gasteiger partial charge in [0.15, 0.2) is 0 Å². The molecule has 0 bridgehead atoms. The molecule has 0 saturated carbocycles. The van der Waals surface area contributed by atoms with Gasteiger partial charge in [0.1, 0.15) is 0 Å². The number of halogens is 2. The van der Waals surface area contributed by atoms with Crippen LogP contribution < -0.4 is 0 Å². The highest BCUT2D eigenvalue weighted by atomic mass is 79.9. The molecule has 3 heteroatoms. The third-order valence-electron chi connectivity index (χ3n) is 2.11. The first-order valence-corrected chi connectivity index (χ1v) is 6.35. The van der Waals surface area contributed by atoms with Gasteiger partial charge < -0.3 is 4.57 Å². The van der Waals surface area contributed by atoms with Crippen LogP contribution in [0.4, 0.5) is 0 Å². The monoisotopic (exact) mass is 307 g/mol. The van der Waals surface area contributed by atoms with E-state index in [9.17, 15) is 0 Å². The molecule has 1 rings (SSSR count). The molecule has 0 fully saturated rings. The molecule has 0 atom stereocenters. The number of rotatable bonds is 5. The number of nitrogens with zero attached hydrogens (tertiary/aromatic N) is 1. The van der Waals surface area contributed by atoms with Crippen molar-refractivity contribution < 1.29 is 0 Å². The molecule has 0 aromatic carbocycles. The average molecular weight is 309 g/mol. The van der Waals surface area contributed by atoms with Crippen molar-refractivity contribution in [2.45, 2.75) is 39.2 Å². The van der Waals surface area contributed by atoms with Crippen LogP contribution in [-0.2, 0) is 6.54 Å². The maximum absolute atomic E-state index is 3.52. The Labute approximate surface area is 96.8 Å². The van der Waals surface area contributed by atoms with Crippen LogP contribution in [0.3, 0.4) is 0 Å². The molecule has 1 heterocycles. The van der Waals surface area contributed by atoms with Crippen molar-refractivity contribution in [2.75, 3.05) is 0 Å². The Hall–Kier alpha value is 0.240. The highest BCUT2D eigenvalue weighted by Crippen LogP contribution is 2.21. The van der Waals surface area contributed by atoms with Crippen LogP contribution >= 0.6 is 31.9 Å². The second-order valence-corrected chi connectivity index (χ2v) is 4.82. The second-order valence-electron chi connectivity index (χ2n) is 3.19. The Bertz CT molecular complexity index is 236. The Kier molecular flexibility index (Phi) is 5.10. The fourth-order valence-corrected chi connectivity index (χ4v) is 2.57. The molecule has 0 aliphatic heterocycles. The van der Waals surface area contributed by atoms with Crippen molar-refractivity contribution in [3.63, 3.8) is 0 Å². The van der Waals surface area contributed by atoms with E-state index in [0.29, 0.717) is 0 Å². The molecule has 0 unspecified atom stereocenters. The standard InChI is InChI=1S/C10H15Br2N/c1-2-3-4-5-8-13-9(11)6-7-10(13)12/h6-7H,2-5,8H2,1H3. The maximum Gasteiger partial charge on any atom is 0.0855 e. The molecule has 0 aliphatic carbocycles. The van der Waals surface area contributed by atoms with E-state index in [0.717, 1.165) is 15.8 Å². The average Bonchev–Trinajstić information content (AvgIpc) is 2.42. The minimum Gasteiger partial charge on any atom is -0.330 e. The van der Waals surface area contributed by atoms with Gasteiger partial charge in [-0.2, -0.15) is 0 Å². The molecule has 0 aliphatic rings. The summed E-state index contributed by atoms with van der Waals surface area (Å²) in [6.07, 6.45) is 5.23. The summed E-state index contributed by atoms with van der Waals surface area (Å²) in [5, 5.41) is 0. The lowest BCUT2D eigenvalue weighted by molar-refractivity contribution is 0.572. The second kappa shape index (κ2) is 5.86. The van der Waals surface area contributed by atoms with E-state index >= 15 is 0 Å². The van der Waals surface area contributed by atoms with Gasteiger partial charge in [-0.15, -0.1) is 0 Å². The molecule has 13 heavy (non-hydrogen) atoms. The first-order chi connectivity index (χ1) is 6.25. The Morgan fingerprint density at radius 2 is 1.69 bits per heavy atom. The van der Waals surface area contributed by atoms with Gasteiger partial charge in [-0.3, -0.25) is 0 Å². The SMILES string of the molecule is CCCCCCn1c(Br)ccc1Br. The smallest absolute Gasteiger partial charge is 0.0855 e. The predicted molar refractivity (Wildman–Crippen MR) is 64.0 cm³/mol. The molecule has 74 valence electrons. The first-order valence-electron chi connectivity index (χ1n) is 4.76. The molecule has 1 aromatic heterocycles. The normalized spacial score (nSPS) is 10.7. The largest absolute Gasteiger partial charge is 0.330 e. The Balaban J connectivity index is 2.36. The van der Waals surface area contributed by atoms with Crippen molar-refractivity contribution >= 4 is 31.9 Å². The lowest BCUT2D eigenvalue weighted by Crippen LogP contribution is -1.97. The van der Waals surface area contributed by atoms with Crippen LogP contribution in [-0.4, -0.2) is 4.57 Å². The zero-order valence-electron chi connectivity index (χ0n) is 7.89. The highest BCUT2D eigenvalue weighted by molar-refractivity contribution is 9.11. The third-order valence-corrected chi connectivity index (χ3v) is 3.49. The topological polar surface area (TPSA) is 4.93 Å². The first kappa shape index (κ1) is 11.3. The number of aromatic nitrogens is 1. The summed E-state index contributed by atoms with van der Waals surface area (Å²) >= 11 is 7.04. The van der Waals surface area contributed by atoms with Gasteiger partial charge in [-0.05, 0) is 50.4 Å². The summed E-state index contributed by atoms with van der Waals surface area (Å²) in [5.41, 5.74) is 0. The van der Waals surface area contributed by atoms with Gasteiger partial charge in [0, 0.05) is 6.54 Å². The molecular weight excluding hydrogens is 294 g/mol. The summed E-state index contributed by atoms with van der Waals surface area (Å²) in [5.74, 6) is 0. The van der Waals surface area contributed by atoms with Crippen LogP contribution in [0.15, 0.2) is 21.3 Å². The van der Waals surface area contributed by atoms with Crippen molar-refractivity contribution in [1.29, 1.82) is 0 Å². The van der Waals surface area contributed by atoms with E-state index in [-0.39, 0.29) is 0 Å². The van der Waals surface area contributed by atoms with Crippen molar-refractivity contribution in [3.8, 4) is 0 Å². The van der Waals surface area contributed by atoms with E-state index in [2.05, 4.69) is 55.5 Å². The van der Waals surface area contributed by atoms with Crippen molar-refractivity contribution in [1.82, 2.24) is 4.57 Å². The Morgan fingerprint density at radius 3 is 2.23 bits per heavy atom. The van der Waals surface area contributed by atoms with E-state index in [1.54, 1.807) is 0 Å². The van der Waals surface area contributed by atoms with E-state index in [4.69, 9.17) is 0 Å². The molecule has 0 spiro atoms. The molecule has 0 N–H and O–H groups in total. The number of hydrogen-bond acceptors (Lipinski definition) is 0. The third kappa shape index (κ3) is 3.47. The van der Waals surface area contributed by atoms with Gasteiger partial charge >= 0.3 is 0 Å². The fraction of sp³-hybridized carbons (Fsp3) is 0.600. The van der Waals surface area contributed by atoms with Crippen molar-refractivity contribution in [3.05, 3.63) is 21.3 Å². The van der Waals surface area contributed by atoms with E-state index < -0.39 is 0 Å². The predicted octanol–water partition coefficient (Wildman–Crippen LogP) is 4.59. The lowest BCUT2D eigenvalue weighted by atomic mass is 10.2. The van der Waals surface area contributed by atoms with E-state index in [1.807, 2.05) is 0 Å². The van der Waals surface area contributed by atoms with Crippen LogP contribution in [0.5, 0.6) is 0 Å². The zero-order valence-corrected chi connectivity index (χ0v) is 11.1. The van der Waals surface area contributed by atoms with Gasteiger partial charge in [-0.1, -0.05) is 26.2 Å². The molecule has 1 aromatic rings. The fourth-order valence-electron chi connectivity index (χ4n) is 1.33. The summed E-state index contributed by atoms with van der Waals surface area (Å²) in [7, 11) is 0. The quantitative estimate of drug-likeness (QED) is 0.701. The molecule has 0 saturated heterocycles. The summed E-state index contributed by atoms with van der Waals surface area (Å²) in [6.45, 7) is 3.34. The molecule has 0 amide bonds. The van der Waals surface area contributed by atoms with Gasteiger partial charge in [0.2, 0.25) is 0 Å². The van der Waals surface area contributed by atoms with Crippen LogP contribution in [0.25, 0.3) is 0 Å². The van der Waals surface area contributed by atoms with Gasteiger partial charge in [-0.25, -0.2) is 0 Å². The van der Waals surface area contributed by atoms with Crippen LogP contribution in [0.2, 0.25) is 0 Å². The molecular formula is C10H15Br2N. The lowest BCUT2D eigenvalue weighted by Gasteiger charge is -2.06. The number of hydrogen-bond donors (Lipinski definition) is 0. The molecule has 1 nitrogen and oxygen atoms in total. The van der Waals surface area contributed by atoms with Crippen LogP contribution in [0.1, 0.15) is 32.6 Å². The highest BCUT2D eigenvalue weighted by Gasteiger charge is 2.01. The number of unbranched alkanes of at least 4 members (excludes halogenated alkanes) is 3. The maximum atomic E-state index is 3.52. The summed E-state index contributed by atoms with van der Waals surface area (Å²) in [6, 6.07) is 4.15. The zero-order chi connectivity index (χ0) is 9.68. The van der Waals surface area contributed by atoms with E-state index in [1.165, 1.54) is 25.7 Å². The van der Waals surface area contributed by atoms with Gasteiger partial charge in [0.25, 0.3) is 0 Å². The molecule has 0 radical (unpaired) electrons. The minimum absolute atomic E-state index is 1.11. The summed E-state index contributed by atoms with van der Waals surface area (Å²) < 4.78 is 4.57. The van der Waals surface area contributed by atoms with Crippen molar-refractivity contribution in [2.24, 2.45) is 0 Å². The minimum atomic E-state index is 1.11. The van der Waals surface area contributed by atoms with Gasteiger partial charge in [0.05, 0.1) is 9.21 Å². The summed E-state index contributed by atoms with van der Waals surface area (Å²) in [4.78, 5) is 0. The van der Waals surface area contributed by atoms with Crippen LogP contribution in [0, 0.1) is 0 Å². The Morgan fingerprint density at radius 1 is 1.08 bits per heavy atom.